The molecule has 2 nitrogen and oxygen atoms in total. The molecule has 6 heteroatoms. The van der Waals surface area contributed by atoms with E-state index in [4.69, 9.17) is 8.83 Å². The number of hydrogen-bond donors (Lipinski definition) is 0. The Morgan fingerprint density at radius 3 is 2.14 bits per heavy atom. The van der Waals surface area contributed by atoms with Gasteiger partial charge in [0.05, 0.1) is 9.75 Å². The molecule has 0 saturated carbocycles. The van der Waals surface area contributed by atoms with Gasteiger partial charge in [-0.15, -0.1) is 22.7 Å². The Hall–Kier alpha value is -3.06. The Bertz CT molecular complexity index is 1970. The topological polar surface area (TPSA) is 26.3 Å². The van der Waals surface area contributed by atoms with Crippen LogP contribution in [0.25, 0.3) is 69.5 Å². The molecule has 0 amide bonds. The second-order valence-corrected chi connectivity index (χ2v) is 11.6. The average molecular weight is 553 g/mol. The maximum Gasteiger partial charge on any atom is 0.152 e. The largest absolute Gasteiger partial charge is 0.456 e. The molecule has 4 aromatic heterocycles. The van der Waals surface area contributed by atoms with Crippen molar-refractivity contribution in [3.05, 3.63) is 82.8 Å². The maximum absolute atomic E-state index is 6.33. The average Bonchev–Trinajstić information content (AvgIpc) is 3.60. The van der Waals surface area contributed by atoms with Crippen LogP contribution in [0.3, 0.4) is 0 Å². The van der Waals surface area contributed by atoms with Crippen LogP contribution in [0.15, 0.2) is 80.5 Å². The Morgan fingerprint density at radius 2 is 1.40 bits per heavy atom. The minimum absolute atomic E-state index is 0.892. The second-order valence-electron chi connectivity index (χ2n) is 8.74. The van der Waals surface area contributed by atoms with Crippen molar-refractivity contribution in [1.82, 2.24) is 0 Å². The SMILES string of the molecule is Bc1c(-c2sc3cc4c(C)c(-c5oc6ccccc6c5C=C)sc4cc3c2Br)oc2ccccc12. The second kappa shape index (κ2) is 7.72. The summed E-state index contributed by atoms with van der Waals surface area (Å²) in [5.41, 5.74) is 5.29. The van der Waals surface area contributed by atoms with Gasteiger partial charge in [-0.3, -0.25) is 0 Å². The quantitative estimate of drug-likeness (QED) is 0.204. The first-order chi connectivity index (χ1) is 17.0. The van der Waals surface area contributed by atoms with Crippen LogP contribution in [0.5, 0.6) is 0 Å². The highest BCUT2D eigenvalue weighted by atomic mass is 79.9. The van der Waals surface area contributed by atoms with Crippen molar-refractivity contribution in [3.63, 3.8) is 0 Å². The van der Waals surface area contributed by atoms with Crippen LogP contribution in [0.1, 0.15) is 11.1 Å². The van der Waals surface area contributed by atoms with Gasteiger partial charge in [0.15, 0.2) is 5.76 Å². The molecule has 4 heterocycles. The highest BCUT2D eigenvalue weighted by Crippen LogP contribution is 2.48. The lowest BCUT2D eigenvalue weighted by atomic mass is 9.92. The van der Waals surface area contributed by atoms with Gasteiger partial charge in [0.2, 0.25) is 0 Å². The molecule has 0 fully saturated rings. The van der Waals surface area contributed by atoms with E-state index in [1.165, 1.54) is 31.2 Å². The number of aryl methyl sites for hydroxylation is 1. The molecule has 0 spiro atoms. The normalized spacial score (nSPS) is 11.9. The van der Waals surface area contributed by atoms with E-state index in [1.807, 2.05) is 36.4 Å². The Kier molecular flexibility index (Phi) is 4.69. The lowest BCUT2D eigenvalue weighted by Crippen LogP contribution is -2.01. The minimum Gasteiger partial charge on any atom is -0.456 e. The first-order valence-corrected chi connectivity index (χ1v) is 13.8. The van der Waals surface area contributed by atoms with E-state index in [-0.39, 0.29) is 0 Å². The number of furan rings is 2. The molecule has 0 aliphatic heterocycles. The number of halogens is 1. The predicted octanol–water partition coefficient (Wildman–Crippen LogP) is 8.91. The van der Waals surface area contributed by atoms with Crippen LogP contribution in [0, 0.1) is 6.92 Å². The van der Waals surface area contributed by atoms with Crippen LogP contribution >= 0.6 is 38.6 Å². The molecule has 0 atom stereocenters. The van der Waals surface area contributed by atoms with Gasteiger partial charge in [0.25, 0.3) is 0 Å². The number of para-hydroxylation sites is 2. The molecule has 0 unspecified atom stereocenters. The van der Waals surface area contributed by atoms with Crippen LogP contribution in [-0.4, -0.2) is 7.85 Å². The van der Waals surface area contributed by atoms with Crippen molar-refractivity contribution < 1.29 is 8.83 Å². The van der Waals surface area contributed by atoms with Crippen LogP contribution in [0.2, 0.25) is 0 Å². The van der Waals surface area contributed by atoms with Crippen LogP contribution in [-0.2, 0) is 0 Å². The first kappa shape index (κ1) is 21.2. The number of fused-ring (bicyclic) bond motifs is 4. The van der Waals surface area contributed by atoms with E-state index in [9.17, 15) is 0 Å². The molecule has 0 aliphatic rings. The zero-order valence-electron chi connectivity index (χ0n) is 19.1. The zero-order valence-corrected chi connectivity index (χ0v) is 22.3. The third kappa shape index (κ3) is 3.00. The predicted molar refractivity (Wildman–Crippen MR) is 158 cm³/mol. The molecule has 0 bridgehead atoms. The molecule has 7 aromatic rings. The molecular weight excluding hydrogens is 535 g/mol. The van der Waals surface area contributed by atoms with E-state index in [0.717, 1.165) is 53.2 Å². The Morgan fingerprint density at radius 1 is 0.800 bits per heavy atom. The molecule has 7 rings (SSSR count). The van der Waals surface area contributed by atoms with E-state index in [0.29, 0.717) is 0 Å². The van der Waals surface area contributed by atoms with Crippen molar-refractivity contribution in [1.29, 1.82) is 0 Å². The van der Waals surface area contributed by atoms with Gasteiger partial charge in [0, 0.05) is 35.6 Å². The van der Waals surface area contributed by atoms with E-state index < -0.39 is 0 Å². The molecule has 0 saturated heterocycles. The highest BCUT2D eigenvalue weighted by Gasteiger charge is 2.22. The summed E-state index contributed by atoms with van der Waals surface area (Å²) in [6.45, 7) is 6.25. The zero-order chi connectivity index (χ0) is 23.8. The van der Waals surface area contributed by atoms with Crippen LogP contribution < -0.4 is 5.46 Å². The summed E-state index contributed by atoms with van der Waals surface area (Å²) in [5.74, 6) is 1.85. The summed E-state index contributed by atoms with van der Waals surface area (Å²) in [5, 5.41) is 4.73. The number of thiophene rings is 2. The Labute approximate surface area is 219 Å². The fraction of sp³-hybridized carbons (Fsp3) is 0.0345. The smallest absolute Gasteiger partial charge is 0.152 e. The third-order valence-electron chi connectivity index (χ3n) is 6.78. The van der Waals surface area contributed by atoms with Gasteiger partial charge in [-0.25, -0.2) is 0 Å². The van der Waals surface area contributed by atoms with Gasteiger partial charge in [-0.05, 0) is 63.5 Å². The fourth-order valence-electron chi connectivity index (χ4n) is 4.97. The number of hydrogen-bond acceptors (Lipinski definition) is 4. The summed E-state index contributed by atoms with van der Waals surface area (Å²) in [6, 6.07) is 21.0. The summed E-state index contributed by atoms with van der Waals surface area (Å²) < 4.78 is 16.2. The summed E-state index contributed by atoms with van der Waals surface area (Å²) in [7, 11) is 2.14. The monoisotopic (exact) mass is 552 g/mol. The molecule has 0 aliphatic carbocycles. The molecular formula is C29H18BBrO2S2. The maximum atomic E-state index is 6.33. The van der Waals surface area contributed by atoms with Gasteiger partial charge >= 0.3 is 0 Å². The van der Waals surface area contributed by atoms with Crippen molar-refractivity contribution >= 4 is 100 Å². The number of rotatable bonds is 3. The molecule has 0 radical (unpaired) electrons. The van der Waals surface area contributed by atoms with E-state index >= 15 is 0 Å². The van der Waals surface area contributed by atoms with Crippen molar-refractivity contribution in [2.75, 3.05) is 0 Å². The summed E-state index contributed by atoms with van der Waals surface area (Å²) in [4.78, 5) is 2.30. The molecule has 3 aromatic carbocycles. The molecule has 0 N–H and O–H groups in total. The van der Waals surface area contributed by atoms with E-state index in [1.54, 1.807) is 22.7 Å². The third-order valence-corrected chi connectivity index (χ3v) is 10.3. The number of benzene rings is 3. The lowest BCUT2D eigenvalue weighted by Gasteiger charge is -1.98. The Balaban J connectivity index is 1.44. The van der Waals surface area contributed by atoms with Crippen molar-refractivity contribution in [2.45, 2.75) is 6.92 Å². The van der Waals surface area contributed by atoms with Gasteiger partial charge in [-0.2, -0.15) is 0 Å². The van der Waals surface area contributed by atoms with Crippen LogP contribution in [0.4, 0.5) is 0 Å². The summed E-state index contributed by atoms with van der Waals surface area (Å²) in [6.07, 6.45) is 1.90. The lowest BCUT2D eigenvalue weighted by molar-refractivity contribution is 0.632. The molecule has 168 valence electrons. The van der Waals surface area contributed by atoms with E-state index in [2.05, 4.69) is 67.6 Å². The highest BCUT2D eigenvalue weighted by molar-refractivity contribution is 9.10. The standard InChI is InChI=1S/C29H18BBrO2S2/c1-3-15-16-8-4-6-10-20(16)32-26(15)28-14(2)18-12-23-19(13-22(18)34-28)25(31)29(35-23)27-24(30)17-9-5-7-11-21(17)33-27/h3-13H,1,30H2,2H3. The fourth-order valence-corrected chi connectivity index (χ4v) is 8.23. The van der Waals surface area contributed by atoms with Gasteiger partial charge in [0.1, 0.15) is 24.8 Å². The van der Waals surface area contributed by atoms with Gasteiger partial charge < -0.3 is 8.83 Å². The van der Waals surface area contributed by atoms with Crippen molar-refractivity contribution in [2.24, 2.45) is 0 Å². The first-order valence-electron chi connectivity index (χ1n) is 11.3. The molecule has 35 heavy (non-hydrogen) atoms. The summed E-state index contributed by atoms with van der Waals surface area (Å²) >= 11 is 7.45. The van der Waals surface area contributed by atoms with Gasteiger partial charge in [-0.1, -0.05) is 49.1 Å². The minimum atomic E-state index is 0.892. The van der Waals surface area contributed by atoms with Crippen molar-refractivity contribution in [3.8, 4) is 21.3 Å².